The van der Waals surface area contributed by atoms with Crippen LogP contribution in [0.1, 0.15) is 22.8 Å². The summed E-state index contributed by atoms with van der Waals surface area (Å²) in [6, 6.07) is 8.94. The van der Waals surface area contributed by atoms with Gasteiger partial charge in [-0.25, -0.2) is 24.9 Å². The van der Waals surface area contributed by atoms with Crippen molar-refractivity contribution in [2.45, 2.75) is 0 Å². The summed E-state index contributed by atoms with van der Waals surface area (Å²) in [6.45, 7) is -0.154. The van der Waals surface area contributed by atoms with Gasteiger partial charge in [0.2, 0.25) is 0 Å². The SMILES string of the molecule is N#CC1=Nc2c(c3nc(C#N)c(C#N)nc3c3nc(C#N)c(C#N)nc23)N(C#N)C1. The summed E-state index contributed by atoms with van der Waals surface area (Å²) < 4.78 is 0. The van der Waals surface area contributed by atoms with E-state index >= 15 is 0 Å². The van der Waals surface area contributed by atoms with E-state index < -0.39 is 0 Å². The predicted molar refractivity (Wildman–Crippen MR) is 97.2 cm³/mol. The van der Waals surface area contributed by atoms with E-state index in [9.17, 15) is 31.6 Å². The van der Waals surface area contributed by atoms with E-state index in [-0.39, 0.29) is 68.5 Å². The van der Waals surface area contributed by atoms with Crippen molar-refractivity contribution in [3.05, 3.63) is 22.8 Å². The van der Waals surface area contributed by atoms with Gasteiger partial charge >= 0.3 is 0 Å². The van der Waals surface area contributed by atoms with Gasteiger partial charge in [-0.2, -0.15) is 31.6 Å². The highest BCUT2D eigenvalue weighted by Crippen LogP contribution is 2.43. The molecule has 0 radical (unpaired) electrons. The van der Waals surface area contributed by atoms with Crippen LogP contribution in [0.15, 0.2) is 4.99 Å². The average molecular weight is 386 g/mol. The summed E-state index contributed by atoms with van der Waals surface area (Å²) >= 11 is 0. The molecular formula is C18H2N12. The topological polar surface area (TPSA) is 210 Å². The minimum Gasteiger partial charge on any atom is -0.268 e. The van der Waals surface area contributed by atoms with Gasteiger partial charge < -0.3 is 0 Å². The molecule has 12 nitrogen and oxygen atoms in total. The van der Waals surface area contributed by atoms with Crippen LogP contribution in [0.25, 0.3) is 22.1 Å². The Balaban J connectivity index is 2.36. The molecule has 4 rings (SSSR count). The van der Waals surface area contributed by atoms with E-state index in [0.29, 0.717) is 0 Å². The van der Waals surface area contributed by atoms with Crippen molar-refractivity contribution in [2.24, 2.45) is 4.99 Å². The van der Waals surface area contributed by atoms with Crippen molar-refractivity contribution in [1.82, 2.24) is 19.9 Å². The highest BCUT2D eigenvalue weighted by molar-refractivity contribution is 6.19. The Kier molecular flexibility index (Phi) is 3.83. The van der Waals surface area contributed by atoms with Gasteiger partial charge in [-0.1, -0.05) is 0 Å². The summed E-state index contributed by atoms with van der Waals surface area (Å²) in [6.07, 6.45) is 1.92. The minimum absolute atomic E-state index is 0.00326. The van der Waals surface area contributed by atoms with E-state index in [1.165, 1.54) is 0 Å². The molecule has 3 aromatic rings. The van der Waals surface area contributed by atoms with E-state index in [1.807, 2.05) is 12.3 Å². The Morgan fingerprint density at radius 2 is 1.07 bits per heavy atom. The molecule has 12 heteroatoms. The van der Waals surface area contributed by atoms with Crippen LogP contribution in [-0.4, -0.2) is 32.2 Å². The summed E-state index contributed by atoms with van der Waals surface area (Å²) in [7, 11) is 0. The molecule has 0 spiro atoms. The summed E-state index contributed by atoms with van der Waals surface area (Å²) in [4.78, 5) is 21.9. The molecule has 0 unspecified atom stereocenters. The van der Waals surface area contributed by atoms with E-state index in [1.54, 1.807) is 24.3 Å². The molecule has 0 bridgehead atoms. The Labute approximate surface area is 167 Å². The number of aliphatic imine (C=N–C) groups is 1. The van der Waals surface area contributed by atoms with E-state index in [2.05, 4.69) is 24.9 Å². The third-order valence-corrected chi connectivity index (χ3v) is 4.19. The van der Waals surface area contributed by atoms with Crippen molar-refractivity contribution < 1.29 is 0 Å². The van der Waals surface area contributed by atoms with Crippen molar-refractivity contribution in [2.75, 3.05) is 11.4 Å². The monoisotopic (exact) mass is 386 g/mol. The predicted octanol–water partition coefficient (Wildman–Crippen LogP) is 0.957. The normalized spacial score (nSPS) is 11.8. The molecular weight excluding hydrogens is 384 g/mol. The molecule has 0 saturated heterocycles. The fourth-order valence-electron chi connectivity index (χ4n) is 2.97. The van der Waals surface area contributed by atoms with E-state index in [0.717, 1.165) is 4.90 Å². The number of hydrogen-bond acceptors (Lipinski definition) is 12. The molecule has 1 aliphatic rings. The molecule has 1 aliphatic heterocycles. The summed E-state index contributed by atoms with van der Waals surface area (Å²) in [5.41, 5.74) is -0.966. The van der Waals surface area contributed by atoms with Gasteiger partial charge in [0, 0.05) is 0 Å². The third-order valence-electron chi connectivity index (χ3n) is 4.19. The van der Waals surface area contributed by atoms with E-state index in [4.69, 9.17) is 0 Å². The average Bonchev–Trinajstić information content (AvgIpc) is 2.81. The molecule has 0 aliphatic carbocycles. The largest absolute Gasteiger partial charge is 0.268 e. The lowest BCUT2D eigenvalue weighted by Gasteiger charge is -2.23. The number of nitrogens with zero attached hydrogens (tertiary/aromatic N) is 12. The Morgan fingerprint density at radius 1 is 0.600 bits per heavy atom. The van der Waals surface area contributed by atoms with Gasteiger partial charge in [-0.15, -0.1) is 0 Å². The summed E-state index contributed by atoms with van der Waals surface area (Å²) in [5.74, 6) is 0. The van der Waals surface area contributed by atoms with Crippen molar-refractivity contribution >= 4 is 39.2 Å². The van der Waals surface area contributed by atoms with Crippen LogP contribution in [0.4, 0.5) is 11.4 Å². The second kappa shape index (κ2) is 6.48. The maximum atomic E-state index is 9.61. The Bertz CT molecular complexity index is 1590. The first kappa shape index (κ1) is 17.7. The van der Waals surface area contributed by atoms with Crippen LogP contribution in [-0.2, 0) is 0 Å². The number of anilines is 1. The van der Waals surface area contributed by atoms with Crippen LogP contribution >= 0.6 is 0 Å². The fourth-order valence-corrected chi connectivity index (χ4v) is 2.97. The van der Waals surface area contributed by atoms with Crippen molar-refractivity contribution in [1.29, 1.82) is 31.6 Å². The van der Waals surface area contributed by atoms with Crippen LogP contribution in [0.5, 0.6) is 0 Å². The number of aromatic nitrogens is 4. The number of hydrogen-bond donors (Lipinski definition) is 0. The van der Waals surface area contributed by atoms with Crippen molar-refractivity contribution in [3.8, 4) is 36.5 Å². The van der Waals surface area contributed by atoms with Gasteiger partial charge in [0.05, 0.1) is 6.54 Å². The first-order valence-electron chi connectivity index (χ1n) is 7.94. The number of nitriles is 6. The third kappa shape index (κ3) is 2.30. The maximum Gasteiger partial charge on any atom is 0.184 e. The van der Waals surface area contributed by atoms with Gasteiger partial charge in [0.15, 0.2) is 29.0 Å². The number of benzene rings is 1. The van der Waals surface area contributed by atoms with Gasteiger partial charge in [-0.05, 0) is 0 Å². The lowest BCUT2D eigenvalue weighted by molar-refractivity contribution is 1.09. The zero-order valence-electron chi connectivity index (χ0n) is 14.6. The molecule has 134 valence electrons. The molecule has 0 fully saturated rings. The summed E-state index contributed by atoms with van der Waals surface area (Å²) in [5, 5.41) is 56.1. The smallest absolute Gasteiger partial charge is 0.184 e. The zero-order valence-corrected chi connectivity index (χ0v) is 14.6. The Hall–Kier alpha value is -5.69. The molecule has 3 heterocycles. The second-order valence-corrected chi connectivity index (χ2v) is 5.74. The molecule has 0 amide bonds. The maximum absolute atomic E-state index is 9.61. The van der Waals surface area contributed by atoms with Crippen LogP contribution in [0, 0.1) is 68.1 Å². The molecule has 0 N–H and O–H groups in total. The number of rotatable bonds is 0. The molecule has 2 aromatic heterocycles. The highest BCUT2D eigenvalue weighted by Gasteiger charge is 2.29. The number of fused-ring (bicyclic) bond motifs is 6. The first-order chi connectivity index (χ1) is 14.6. The minimum atomic E-state index is -0.284. The quantitative estimate of drug-likeness (QED) is 0.392. The molecule has 0 saturated carbocycles. The lowest BCUT2D eigenvalue weighted by atomic mass is 10.1. The van der Waals surface area contributed by atoms with Crippen LogP contribution in [0.3, 0.4) is 0 Å². The zero-order chi connectivity index (χ0) is 21.4. The van der Waals surface area contributed by atoms with Crippen molar-refractivity contribution in [3.63, 3.8) is 0 Å². The van der Waals surface area contributed by atoms with Gasteiger partial charge in [-0.3, -0.25) is 4.90 Å². The Morgan fingerprint density at radius 3 is 1.53 bits per heavy atom. The molecule has 0 atom stereocenters. The van der Waals surface area contributed by atoms with Crippen LogP contribution in [0.2, 0.25) is 0 Å². The van der Waals surface area contributed by atoms with Gasteiger partial charge in [0.1, 0.15) is 69.5 Å². The fraction of sp³-hybridized carbons (Fsp3) is 0.0556. The first-order valence-corrected chi connectivity index (χ1v) is 7.94. The highest BCUT2D eigenvalue weighted by atomic mass is 15.2. The van der Waals surface area contributed by atoms with Gasteiger partial charge in [0.25, 0.3) is 0 Å². The second-order valence-electron chi connectivity index (χ2n) is 5.74. The molecule has 30 heavy (non-hydrogen) atoms. The standard InChI is InChI=1S/C18H2N12/c19-1-8-6-30(7-24)18-16(25-8)14-13(26-9(2-20)10(3-21)27-14)15-17(18)29-12(5-23)11(4-22)28-15/h6H2. The lowest BCUT2D eigenvalue weighted by Crippen LogP contribution is -2.28. The molecule has 1 aromatic carbocycles. The van der Waals surface area contributed by atoms with Crippen LogP contribution < -0.4 is 4.90 Å².